The molecule has 0 aliphatic carbocycles. The molecule has 17 heavy (non-hydrogen) atoms. The summed E-state index contributed by atoms with van der Waals surface area (Å²) in [4.78, 5) is 29.0. The number of hydrogen-bond acceptors (Lipinski definition) is 3. The fourth-order valence-electron chi connectivity index (χ4n) is 1.47. The van der Waals surface area contributed by atoms with Gasteiger partial charge < -0.3 is 20.8 Å². The smallest absolute Gasteiger partial charge is 0.325 e. The van der Waals surface area contributed by atoms with Crippen molar-refractivity contribution in [2.75, 3.05) is 6.16 Å². The molecule has 0 spiro atoms. The van der Waals surface area contributed by atoms with Crippen LogP contribution in [-0.4, -0.2) is 33.9 Å². The maximum Gasteiger partial charge on any atom is 0.325 e. The Balaban J connectivity index is 4.08. The summed E-state index contributed by atoms with van der Waals surface area (Å²) in [5.41, 5.74) is 5.57. The van der Waals surface area contributed by atoms with Crippen molar-refractivity contribution in [1.29, 1.82) is 0 Å². The molecular weight excluding hydrogens is 243 g/mol. The molecule has 1 amide bonds. The van der Waals surface area contributed by atoms with Gasteiger partial charge in [0.25, 0.3) is 0 Å². The Kier molecular flexibility index (Phi) is 7.63. The Bertz CT molecular complexity index is 279. The molecule has 0 bridgehead atoms. The molecule has 0 heterocycles. The Hall–Kier alpha value is -0.420. The highest BCUT2D eigenvalue weighted by molar-refractivity contribution is 7.51. The van der Waals surface area contributed by atoms with Crippen molar-refractivity contribution in [3.63, 3.8) is 0 Å². The normalized spacial score (nSPS) is 15.4. The highest BCUT2D eigenvalue weighted by Gasteiger charge is 2.21. The fourth-order valence-corrected chi connectivity index (χ4v) is 2.09. The molecule has 0 aliphatic heterocycles. The second-order valence-electron chi connectivity index (χ2n) is 4.19. The molecule has 0 radical (unpaired) electrons. The molecule has 1 unspecified atom stereocenters. The average molecular weight is 266 g/mol. The van der Waals surface area contributed by atoms with Crippen molar-refractivity contribution in [3.8, 4) is 0 Å². The predicted octanol–water partition coefficient (Wildman–Crippen LogP) is 0.576. The van der Waals surface area contributed by atoms with Crippen molar-refractivity contribution in [2.45, 2.75) is 51.6 Å². The van der Waals surface area contributed by atoms with Crippen molar-refractivity contribution < 1.29 is 19.1 Å². The third kappa shape index (κ3) is 8.32. The van der Waals surface area contributed by atoms with Crippen molar-refractivity contribution >= 4 is 13.5 Å². The summed E-state index contributed by atoms with van der Waals surface area (Å²) in [6, 6.07) is -0.762. The van der Waals surface area contributed by atoms with Gasteiger partial charge in [0.2, 0.25) is 5.91 Å². The van der Waals surface area contributed by atoms with Gasteiger partial charge in [0.1, 0.15) is 0 Å². The third-order valence-electron chi connectivity index (χ3n) is 2.54. The van der Waals surface area contributed by atoms with Gasteiger partial charge in [-0.3, -0.25) is 9.36 Å². The van der Waals surface area contributed by atoms with E-state index in [0.717, 1.165) is 19.3 Å². The predicted molar refractivity (Wildman–Crippen MR) is 66.6 cm³/mol. The molecule has 7 heteroatoms. The molecule has 0 rings (SSSR count). The van der Waals surface area contributed by atoms with E-state index in [-0.39, 0.29) is 24.5 Å². The third-order valence-corrected chi connectivity index (χ3v) is 3.39. The van der Waals surface area contributed by atoms with Crippen LogP contribution < -0.4 is 11.1 Å². The van der Waals surface area contributed by atoms with E-state index in [1.165, 1.54) is 0 Å². The Morgan fingerprint density at radius 2 is 1.94 bits per heavy atom. The van der Waals surface area contributed by atoms with Gasteiger partial charge in [0.15, 0.2) is 0 Å². The summed E-state index contributed by atoms with van der Waals surface area (Å²) in [6.07, 6.45) is 2.32. The second kappa shape index (κ2) is 7.82. The van der Waals surface area contributed by atoms with Gasteiger partial charge in [-0.05, 0) is 19.3 Å². The quantitative estimate of drug-likeness (QED) is 0.480. The first-order valence-electron chi connectivity index (χ1n) is 5.90. The van der Waals surface area contributed by atoms with Gasteiger partial charge in [-0.25, -0.2) is 0 Å². The molecule has 0 aromatic rings. The zero-order valence-corrected chi connectivity index (χ0v) is 11.3. The Morgan fingerprint density at radius 1 is 1.35 bits per heavy atom. The number of carbonyl (C=O) groups excluding carboxylic acids is 1. The van der Waals surface area contributed by atoms with Gasteiger partial charge >= 0.3 is 7.60 Å². The van der Waals surface area contributed by atoms with Crippen LogP contribution in [0.4, 0.5) is 0 Å². The van der Waals surface area contributed by atoms with Crippen LogP contribution in [0.25, 0.3) is 0 Å². The molecule has 102 valence electrons. The average Bonchev–Trinajstić information content (AvgIpc) is 2.23. The van der Waals surface area contributed by atoms with Crippen LogP contribution in [0.5, 0.6) is 0 Å². The first kappa shape index (κ1) is 16.6. The number of nitrogens with one attached hydrogen (secondary N) is 1. The lowest BCUT2D eigenvalue weighted by molar-refractivity contribution is -0.123. The number of rotatable bonds is 8. The monoisotopic (exact) mass is 266 g/mol. The van der Waals surface area contributed by atoms with E-state index >= 15 is 0 Å². The topological polar surface area (TPSA) is 113 Å². The van der Waals surface area contributed by atoms with Gasteiger partial charge in [0.05, 0.1) is 12.2 Å². The van der Waals surface area contributed by atoms with Crippen LogP contribution in [0.1, 0.15) is 39.5 Å². The Labute approximate surface area is 102 Å². The Morgan fingerprint density at radius 3 is 2.35 bits per heavy atom. The van der Waals surface area contributed by atoms with Crippen molar-refractivity contribution in [2.24, 2.45) is 5.73 Å². The summed E-state index contributed by atoms with van der Waals surface area (Å²) >= 11 is 0. The van der Waals surface area contributed by atoms with E-state index in [9.17, 15) is 9.36 Å². The maximum atomic E-state index is 11.6. The largest absolute Gasteiger partial charge is 0.352 e. The van der Waals surface area contributed by atoms with Crippen LogP contribution in [0.15, 0.2) is 0 Å². The molecule has 0 saturated carbocycles. The van der Waals surface area contributed by atoms with Crippen LogP contribution in [0.2, 0.25) is 0 Å². The zero-order chi connectivity index (χ0) is 13.5. The van der Waals surface area contributed by atoms with Crippen LogP contribution in [0.3, 0.4) is 0 Å². The first-order valence-corrected chi connectivity index (χ1v) is 7.70. The first-order chi connectivity index (χ1) is 7.80. The standard InChI is InChI=1S/C10H23N2O4P/c1-3-5-8(4-2)12-10(13)9(11)6-7-17(14,15)16/h8-9H,3-7,11H2,1-2H3,(H,12,13)(H2,14,15,16)/t8?,9-/m1/s1. The summed E-state index contributed by atoms with van der Waals surface area (Å²) in [7, 11) is -4.07. The molecule has 2 atom stereocenters. The van der Waals surface area contributed by atoms with E-state index in [2.05, 4.69) is 5.32 Å². The summed E-state index contributed by atoms with van der Waals surface area (Å²) in [6.45, 7) is 4.00. The lowest BCUT2D eigenvalue weighted by Crippen LogP contribution is -2.45. The molecule has 0 aliphatic rings. The van der Waals surface area contributed by atoms with Gasteiger partial charge in [0, 0.05) is 6.04 Å². The van der Waals surface area contributed by atoms with E-state index in [1.54, 1.807) is 0 Å². The van der Waals surface area contributed by atoms with E-state index in [1.807, 2.05) is 13.8 Å². The molecule has 5 N–H and O–H groups in total. The summed E-state index contributed by atoms with van der Waals surface area (Å²) in [5, 5.41) is 2.79. The minimum Gasteiger partial charge on any atom is -0.352 e. The second-order valence-corrected chi connectivity index (χ2v) is 5.96. The molecule has 6 nitrogen and oxygen atoms in total. The highest BCUT2D eigenvalue weighted by atomic mass is 31.2. The van der Waals surface area contributed by atoms with Crippen molar-refractivity contribution in [3.05, 3.63) is 0 Å². The molecular formula is C10H23N2O4P. The number of amides is 1. The maximum absolute atomic E-state index is 11.6. The van der Waals surface area contributed by atoms with E-state index in [4.69, 9.17) is 15.5 Å². The minimum absolute atomic E-state index is 0.00132. The molecule has 0 aromatic heterocycles. The number of carbonyl (C=O) groups is 1. The molecule has 0 fully saturated rings. The number of nitrogens with two attached hydrogens (primary N) is 1. The summed E-state index contributed by atoms with van der Waals surface area (Å²) in [5.74, 6) is -0.334. The van der Waals surface area contributed by atoms with Gasteiger partial charge in [-0.2, -0.15) is 0 Å². The van der Waals surface area contributed by atoms with Gasteiger partial charge in [-0.1, -0.05) is 20.3 Å². The minimum atomic E-state index is -4.07. The van der Waals surface area contributed by atoms with E-state index in [0.29, 0.717) is 0 Å². The lowest BCUT2D eigenvalue weighted by atomic mass is 10.1. The SMILES string of the molecule is CCCC(CC)NC(=O)[C@H](N)CCP(=O)(O)O. The van der Waals surface area contributed by atoms with E-state index < -0.39 is 13.6 Å². The van der Waals surface area contributed by atoms with Crippen molar-refractivity contribution in [1.82, 2.24) is 5.32 Å². The molecule has 0 aromatic carbocycles. The molecule has 0 saturated heterocycles. The fraction of sp³-hybridized carbons (Fsp3) is 0.900. The number of hydrogen-bond donors (Lipinski definition) is 4. The lowest BCUT2D eigenvalue weighted by Gasteiger charge is -2.19. The van der Waals surface area contributed by atoms with Gasteiger partial charge in [-0.15, -0.1) is 0 Å². The highest BCUT2D eigenvalue weighted by Crippen LogP contribution is 2.35. The zero-order valence-electron chi connectivity index (χ0n) is 10.4. The van der Waals surface area contributed by atoms with Crippen LogP contribution in [-0.2, 0) is 9.36 Å². The summed E-state index contributed by atoms with van der Waals surface area (Å²) < 4.78 is 10.6. The van der Waals surface area contributed by atoms with Crippen LogP contribution in [0, 0.1) is 0 Å². The van der Waals surface area contributed by atoms with Crippen LogP contribution >= 0.6 is 7.60 Å².